The van der Waals surface area contributed by atoms with Crippen molar-refractivity contribution in [3.63, 3.8) is 0 Å². The lowest BCUT2D eigenvalue weighted by molar-refractivity contribution is 0.0755. The van der Waals surface area contributed by atoms with Gasteiger partial charge < -0.3 is 4.90 Å². The second kappa shape index (κ2) is 6.74. The summed E-state index contributed by atoms with van der Waals surface area (Å²) in [4.78, 5) is 14.5. The molecule has 0 aromatic heterocycles. The molecule has 0 aliphatic carbocycles. The van der Waals surface area contributed by atoms with E-state index in [1.165, 1.54) is 5.56 Å². The first kappa shape index (κ1) is 15.7. The van der Waals surface area contributed by atoms with Gasteiger partial charge in [-0.25, -0.2) is 0 Å². The Hall–Kier alpha value is -1.31. The second-order valence-electron chi connectivity index (χ2n) is 6.12. The lowest BCUT2D eigenvalue weighted by atomic mass is 9.86. The van der Waals surface area contributed by atoms with E-state index < -0.39 is 0 Å². The minimum atomic E-state index is 0.0800. The van der Waals surface area contributed by atoms with Crippen molar-refractivity contribution in [3.05, 3.63) is 35.4 Å². The van der Waals surface area contributed by atoms with Gasteiger partial charge in [0.1, 0.15) is 0 Å². The number of amides is 1. The second-order valence-corrected chi connectivity index (χ2v) is 6.12. The summed E-state index contributed by atoms with van der Waals surface area (Å²) in [7, 11) is 0. The third-order valence-electron chi connectivity index (χ3n) is 3.25. The van der Waals surface area contributed by atoms with Crippen molar-refractivity contribution in [1.29, 1.82) is 0 Å². The maximum Gasteiger partial charge on any atom is 0.253 e. The summed E-state index contributed by atoms with van der Waals surface area (Å²) < 4.78 is 0. The SMILES string of the molecule is CCCN(CCC)C(=O)c1cccc(C(C)(C)C)c1. The fraction of sp³-hybridized carbons (Fsp3) is 0.588. The molecule has 0 saturated heterocycles. The first-order chi connectivity index (χ1) is 8.90. The molecule has 1 rings (SSSR count). The summed E-state index contributed by atoms with van der Waals surface area (Å²) in [5, 5.41) is 0. The van der Waals surface area contributed by atoms with Gasteiger partial charge in [-0.2, -0.15) is 0 Å². The number of rotatable bonds is 5. The van der Waals surface area contributed by atoms with Gasteiger partial charge in [-0.3, -0.25) is 4.79 Å². The maximum atomic E-state index is 12.5. The van der Waals surface area contributed by atoms with Gasteiger partial charge in [-0.1, -0.05) is 46.8 Å². The van der Waals surface area contributed by atoms with Crippen LogP contribution in [0.3, 0.4) is 0 Å². The van der Waals surface area contributed by atoms with Crippen molar-refractivity contribution in [2.45, 2.75) is 52.9 Å². The highest BCUT2D eigenvalue weighted by molar-refractivity contribution is 5.94. The van der Waals surface area contributed by atoms with Crippen molar-refractivity contribution in [1.82, 2.24) is 4.90 Å². The van der Waals surface area contributed by atoms with Gasteiger partial charge in [0.25, 0.3) is 5.91 Å². The van der Waals surface area contributed by atoms with Crippen LogP contribution in [-0.2, 0) is 5.41 Å². The normalized spacial score (nSPS) is 11.4. The standard InChI is InChI=1S/C17H27NO/c1-6-11-18(12-7-2)16(19)14-9-8-10-15(13-14)17(3,4)5/h8-10,13H,6-7,11-12H2,1-5H3. The molecule has 0 aliphatic heterocycles. The molecule has 2 nitrogen and oxygen atoms in total. The molecule has 0 fully saturated rings. The number of carbonyl (C=O) groups is 1. The summed E-state index contributed by atoms with van der Waals surface area (Å²) >= 11 is 0. The summed E-state index contributed by atoms with van der Waals surface area (Å²) in [5.41, 5.74) is 2.11. The number of carbonyl (C=O) groups excluding carboxylic acids is 1. The molecule has 0 bridgehead atoms. The monoisotopic (exact) mass is 261 g/mol. The maximum absolute atomic E-state index is 12.5. The van der Waals surface area contributed by atoms with Gasteiger partial charge >= 0.3 is 0 Å². The van der Waals surface area contributed by atoms with E-state index in [1.54, 1.807) is 0 Å². The average molecular weight is 261 g/mol. The Bertz CT molecular complexity index is 412. The fourth-order valence-electron chi connectivity index (χ4n) is 2.16. The van der Waals surface area contributed by atoms with Crippen LogP contribution < -0.4 is 0 Å². The lowest BCUT2D eigenvalue weighted by Crippen LogP contribution is -2.32. The predicted molar refractivity (Wildman–Crippen MR) is 81.6 cm³/mol. The van der Waals surface area contributed by atoms with E-state index in [4.69, 9.17) is 0 Å². The van der Waals surface area contributed by atoms with Crippen molar-refractivity contribution in [2.75, 3.05) is 13.1 Å². The number of benzene rings is 1. The van der Waals surface area contributed by atoms with Crippen molar-refractivity contribution >= 4 is 5.91 Å². The minimum Gasteiger partial charge on any atom is -0.339 e. The van der Waals surface area contributed by atoms with E-state index in [2.05, 4.69) is 40.7 Å². The molecular weight excluding hydrogens is 234 g/mol. The molecule has 106 valence electrons. The zero-order valence-electron chi connectivity index (χ0n) is 13.0. The summed E-state index contributed by atoms with van der Waals surface area (Å²) in [6.07, 6.45) is 2.01. The molecule has 1 amide bonds. The zero-order valence-corrected chi connectivity index (χ0v) is 13.0. The third-order valence-corrected chi connectivity index (χ3v) is 3.25. The Morgan fingerprint density at radius 1 is 1.11 bits per heavy atom. The largest absolute Gasteiger partial charge is 0.339 e. The third kappa shape index (κ3) is 4.38. The number of nitrogens with zero attached hydrogens (tertiary/aromatic N) is 1. The van der Waals surface area contributed by atoms with E-state index in [9.17, 15) is 4.79 Å². The van der Waals surface area contributed by atoms with Crippen molar-refractivity contribution in [2.24, 2.45) is 0 Å². The molecular formula is C17H27NO. The highest BCUT2D eigenvalue weighted by Gasteiger charge is 2.18. The van der Waals surface area contributed by atoms with Crippen LogP contribution in [0.15, 0.2) is 24.3 Å². The van der Waals surface area contributed by atoms with Crippen LogP contribution in [0.1, 0.15) is 63.4 Å². The smallest absolute Gasteiger partial charge is 0.253 e. The van der Waals surface area contributed by atoms with Crippen LogP contribution in [0.5, 0.6) is 0 Å². The first-order valence-corrected chi connectivity index (χ1v) is 7.30. The van der Waals surface area contributed by atoms with Crippen LogP contribution in [-0.4, -0.2) is 23.9 Å². The Morgan fingerprint density at radius 3 is 2.16 bits per heavy atom. The molecule has 0 atom stereocenters. The van der Waals surface area contributed by atoms with Crippen molar-refractivity contribution in [3.8, 4) is 0 Å². The molecule has 0 heterocycles. The molecule has 2 heteroatoms. The van der Waals surface area contributed by atoms with Gasteiger partial charge in [0.15, 0.2) is 0 Å². The van der Waals surface area contributed by atoms with Gasteiger partial charge in [0.05, 0.1) is 0 Å². The summed E-state index contributed by atoms with van der Waals surface area (Å²) in [6, 6.07) is 8.06. The quantitative estimate of drug-likeness (QED) is 0.776. The van der Waals surface area contributed by atoms with Crippen LogP contribution in [0.2, 0.25) is 0 Å². The highest BCUT2D eigenvalue weighted by atomic mass is 16.2. The van der Waals surface area contributed by atoms with E-state index >= 15 is 0 Å². The predicted octanol–water partition coefficient (Wildman–Crippen LogP) is 4.25. The first-order valence-electron chi connectivity index (χ1n) is 7.30. The molecule has 1 aromatic rings. The number of hydrogen-bond acceptors (Lipinski definition) is 1. The molecule has 0 N–H and O–H groups in total. The average Bonchev–Trinajstić information content (AvgIpc) is 2.37. The fourth-order valence-corrected chi connectivity index (χ4v) is 2.16. The highest BCUT2D eigenvalue weighted by Crippen LogP contribution is 2.23. The van der Waals surface area contributed by atoms with Gasteiger partial charge in [-0.15, -0.1) is 0 Å². The van der Waals surface area contributed by atoms with E-state index in [1.807, 2.05) is 23.1 Å². The molecule has 0 radical (unpaired) electrons. The molecule has 0 unspecified atom stereocenters. The Labute approximate surface area is 117 Å². The molecule has 19 heavy (non-hydrogen) atoms. The Kier molecular flexibility index (Phi) is 5.59. The van der Waals surface area contributed by atoms with E-state index in [0.717, 1.165) is 31.5 Å². The number of hydrogen-bond donors (Lipinski definition) is 0. The van der Waals surface area contributed by atoms with Crippen LogP contribution in [0, 0.1) is 0 Å². The van der Waals surface area contributed by atoms with Gasteiger partial charge in [0, 0.05) is 18.7 Å². The Balaban J connectivity index is 2.98. The minimum absolute atomic E-state index is 0.0800. The zero-order chi connectivity index (χ0) is 14.5. The Morgan fingerprint density at radius 2 is 1.68 bits per heavy atom. The molecule has 0 aliphatic rings. The van der Waals surface area contributed by atoms with E-state index in [0.29, 0.717) is 0 Å². The van der Waals surface area contributed by atoms with Crippen molar-refractivity contribution < 1.29 is 4.79 Å². The van der Waals surface area contributed by atoms with Crippen LogP contribution in [0.4, 0.5) is 0 Å². The molecule has 0 spiro atoms. The van der Waals surface area contributed by atoms with Crippen LogP contribution in [0.25, 0.3) is 0 Å². The summed E-state index contributed by atoms with van der Waals surface area (Å²) in [5.74, 6) is 0.162. The van der Waals surface area contributed by atoms with E-state index in [-0.39, 0.29) is 11.3 Å². The molecule has 0 saturated carbocycles. The topological polar surface area (TPSA) is 20.3 Å². The van der Waals surface area contributed by atoms with Gasteiger partial charge in [0.2, 0.25) is 0 Å². The molecule has 1 aromatic carbocycles. The van der Waals surface area contributed by atoms with Gasteiger partial charge in [-0.05, 0) is 36.0 Å². The summed E-state index contributed by atoms with van der Waals surface area (Å²) in [6.45, 7) is 12.4. The van der Waals surface area contributed by atoms with Crippen LogP contribution >= 0.6 is 0 Å². The lowest BCUT2D eigenvalue weighted by Gasteiger charge is -2.23.